The number of ketones is 1. The molecule has 2 heteroatoms. The zero-order chi connectivity index (χ0) is 12.4. The molecule has 0 radical (unpaired) electrons. The highest BCUT2D eigenvalue weighted by molar-refractivity contribution is 6.34. The molecular formula is C15H19ClO. The van der Waals surface area contributed by atoms with Gasteiger partial charge < -0.3 is 0 Å². The average Bonchev–Trinajstić information content (AvgIpc) is 2.28. The predicted octanol–water partition coefficient (Wildman–Crippen LogP) is 4.66. The molecular weight excluding hydrogens is 232 g/mol. The molecule has 0 amide bonds. The molecule has 1 aliphatic carbocycles. The normalized spacial score (nSPS) is 24.6. The molecule has 2 unspecified atom stereocenters. The van der Waals surface area contributed by atoms with Gasteiger partial charge in [0.05, 0.1) is 5.02 Å². The van der Waals surface area contributed by atoms with Crippen LogP contribution in [0.2, 0.25) is 5.02 Å². The number of rotatable bonds is 2. The zero-order valence-corrected chi connectivity index (χ0v) is 11.3. The molecule has 1 aromatic carbocycles. The number of benzene rings is 1. The maximum atomic E-state index is 12.4. The second-order valence-corrected chi connectivity index (χ2v) is 5.72. The summed E-state index contributed by atoms with van der Waals surface area (Å²) in [5, 5.41) is 0.605. The van der Waals surface area contributed by atoms with Gasteiger partial charge in [0.15, 0.2) is 5.78 Å². The van der Waals surface area contributed by atoms with Crippen LogP contribution in [-0.2, 0) is 0 Å². The molecule has 0 bridgehead atoms. The van der Waals surface area contributed by atoms with Crippen molar-refractivity contribution < 1.29 is 4.79 Å². The van der Waals surface area contributed by atoms with E-state index in [4.69, 9.17) is 11.6 Å². The van der Waals surface area contributed by atoms with Crippen molar-refractivity contribution in [1.29, 1.82) is 0 Å². The van der Waals surface area contributed by atoms with E-state index in [0.29, 0.717) is 16.5 Å². The summed E-state index contributed by atoms with van der Waals surface area (Å²) in [6.07, 6.45) is 4.46. The fraction of sp³-hybridized carbons (Fsp3) is 0.533. The molecule has 1 fully saturated rings. The van der Waals surface area contributed by atoms with Crippen LogP contribution in [0.25, 0.3) is 0 Å². The number of hydrogen-bond donors (Lipinski definition) is 0. The summed E-state index contributed by atoms with van der Waals surface area (Å²) in [7, 11) is 0. The van der Waals surface area contributed by atoms with Gasteiger partial charge in [0.25, 0.3) is 0 Å². The second kappa shape index (κ2) is 5.22. The third-order valence-corrected chi connectivity index (χ3v) is 4.01. The van der Waals surface area contributed by atoms with Gasteiger partial charge in [-0.25, -0.2) is 0 Å². The minimum Gasteiger partial charge on any atom is -0.294 e. The minimum absolute atomic E-state index is 0.180. The Hall–Kier alpha value is -0.820. The third kappa shape index (κ3) is 2.90. The molecule has 2 atom stereocenters. The lowest BCUT2D eigenvalue weighted by Gasteiger charge is -2.25. The fourth-order valence-corrected chi connectivity index (χ4v) is 3.04. The number of carbonyl (C=O) groups is 1. The maximum absolute atomic E-state index is 12.4. The Balaban J connectivity index is 2.18. The molecule has 0 spiro atoms. The number of aryl methyl sites for hydroxylation is 1. The van der Waals surface area contributed by atoms with Crippen molar-refractivity contribution in [3.8, 4) is 0 Å². The van der Waals surface area contributed by atoms with Crippen LogP contribution in [0.15, 0.2) is 18.2 Å². The van der Waals surface area contributed by atoms with Gasteiger partial charge in [0.1, 0.15) is 0 Å². The number of hydrogen-bond acceptors (Lipinski definition) is 1. The molecule has 0 saturated heterocycles. The van der Waals surface area contributed by atoms with Crippen LogP contribution in [0.3, 0.4) is 0 Å². The van der Waals surface area contributed by atoms with Crippen molar-refractivity contribution in [3.05, 3.63) is 34.3 Å². The summed E-state index contributed by atoms with van der Waals surface area (Å²) in [6, 6.07) is 5.71. The molecule has 1 aliphatic rings. The molecule has 2 rings (SSSR count). The largest absolute Gasteiger partial charge is 0.294 e. The molecule has 0 aromatic heterocycles. The Kier molecular flexibility index (Phi) is 3.88. The van der Waals surface area contributed by atoms with Crippen molar-refractivity contribution in [2.24, 2.45) is 11.8 Å². The van der Waals surface area contributed by atoms with E-state index in [2.05, 4.69) is 6.92 Å². The minimum atomic E-state index is 0.180. The topological polar surface area (TPSA) is 17.1 Å². The van der Waals surface area contributed by atoms with E-state index < -0.39 is 0 Å². The highest BCUT2D eigenvalue weighted by atomic mass is 35.5. The Bertz CT molecular complexity index is 425. The summed E-state index contributed by atoms with van der Waals surface area (Å²) in [4.78, 5) is 12.4. The number of carbonyl (C=O) groups excluding carboxylic acids is 1. The van der Waals surface area contributed by atoms with Crippen molar-refractivity contribution in [1.82, 2.24) is 0 Å². The van der Waals surface area contributed by atoms with Crippen LogP contribution in [0.4, 0.5) is 0 Å². The first kappa shape index (κ1) is 12.6. The summed E-state index contributed by atoms with van der Waals surface area (Å²) in [5.41, 5.74) is 1.81. The first-order valence-corrected chi connectivity index (χ1v) is 6.76. The number of Topliss-reactive ketones (excluding diaryl/α,β-unsaturated/α-hetero) is 1. The van der Waals surface area contributed by atoms with Crippen LogP contribution >= 0.6 is 11.6 Å². The highest BCUT2D eigenvalue weighted by Crippen LogP contribution is 2.32. The fourth-order valence-electron chi connectivity index (χ4n) is 2.71. The van der Waals surface area contributed by atoms with E-state index in [1.165, 1.54) is 12.8 Å². The quantitative estimate of drug-likeness (QED) is 0.698. The SMILES string of the molecule is Cc1ccc(C(=O)C2CCCC(C)C2)c(Cl)c1. The van der Waals surface area contributed by atoms with Crippen LogP contribution in [0, 0.1) is 18.8 Å². The smallest absolute Gasteiger partial charge is 0.167 e. The predicted molar refractivity (Wildman–Crippen MR) is 71.6 cm³/mol. The van der Waals surface area contributed by atoms with E-state index >= 15 is 0 Å². The lowest BCUT2D eigenvalue weighted by atomic mass is 9.79. The third-order valence-electron chi connectivity index (χ3n) is 3.70. The molecule has 1 aromatic rings. The van der Waals surface area contributed by atoms with Crippen LogP contribution in [0.5, 0.6) is 0 Å². The highest BCUT2D eigenvalue weighted by Gasteiger charge is 2.26. The Morgan fingerprint density at radius 2 is 2.12 bits per heavy atom. The van der Waals surface area contributed by atoms with Gasteiger partial charge in [-0.3, -0.25) is 4.79 Å². The molecule has 17 heavy (non-hydrogen) atoms. The van der Waals surface area contributed by atoms with Gasteiger partial charge in [0.2, 0.25) is 0 Å². The van der Waals surface area contributed by atoms with Gasteiger partial charge >= 0.3 is 0 Å². The van der Waals surface area contributed by atoms with Gasteiger partial charge in [-0.1, -0.05) is 37.4 Å². The van der Waals surface area contributed by atoms with Gasteiger partial charge in [0, 0.05) is 11.5 Å². The lowest BCUT2D eigenvalue weighted by Crippen LogP contribution is -2.22. The molecule has 0 aliphatic heterocycles. The van der Waals surface area contributed by atoms with Crippen molar-refractivity contribution >= 4 is 17.4 Å². The molecule has 0 heterocycles. The van der Waals surface area contributed by atoms with Crippen molar-refractivity contribution in [2.75, 3.05) is 0 Å². The van der Waals surface area contributed by atoms with Gasteiger partial charge in [-0.05, 0) is 43.4 Å². The Morgan fingerprint density at radius 3 is 2.76 bits per heavy atom. The molecule has 92 valence electrons. The first-order valence-electron chi connectivity index (χ1n) is 6.38. The van der Waals surface area contributed by atoms with Crippen LogP contribution < -0.4 is 0 Å². The lowest BCUT2D eigenvalue weighted by molar-refractivity contribution is 0.0868. The van der Waals surface area contributed by atoms with Crippen LogP contribution in [-0.4, -0.2) is 5.78 Å². The summed E-state index contributed by atoms with van der Waals surface area (Å²) < 4.78 is 0. The molecule has 1 nitrogen and oxygen atoms in total. The Morgan fingerprint density at radius 1 is 1.35 bits per heavy atom. The zero-order valence-electron chi connectivity index (χ0n) is 10.5. The molecule has 0 N–H and O–H groups in total. The van der Waals surface area contributed by atoms with E-state index in [-0.39, 0.29) is 11.7 Å². The monoisotopic (exact) mass is 250 g/mol. The van der Waals surface area contributed by atoms with E-state index in [9.17, 15) is 4.79 Å². The summed E-state index contributed by atoms with van der Waals surface area (Å²) in [6.45, 7) is 4.22. The average molecular weight is 251 g/mol. The van der Waals surface area contributed by atoms with E-state index in [1.54, 1.807) is 0 Å². The number of halogens is 1. The summed E-state index contributed by atoms with van der Waals surface area (Å²) >= 11 is 6.16. The second-order valence-electron chi connectivity index (χ2n) is 5.32. The van der Waals surface area contributed by atoms with Crippen molar-refractivity contribution in [3.63, 3.8) is 0 Å². The van der Waals surface area contributed by atoms with Crippen LogP contribution in [0.1, 0.15) is 48.5 Å². The standard InChI is InChI=1S/C15H19ClO/c1-10-4-3-5-12(8-10)15(17)13-7-6-11(2)9-14(13)16/h6-7,9-10,12H,3-5,8H2,1-2H3. The van der Waals surface area contributed by atoms with E-state index in [1.807, 2.05) is 25.1 Å². The van der Waals surface area contributed by atoms with Gasteiger partial charge in [-0.2, -0.15) is 0 Å². The van der Waals surface area contributed by atoms with E-state index in [0.717, 1.165) is 18.4 Å². The Labute approximate surface area is 108 Å². The maximum Gasteiger partial charge on any atom is 0.167 e. The van der Waals surface area contributed by atoms with Crippen molar-refractivity contribution in [2.45, 2.75) is 39.5 Å². The summed E-state index contributed by atoms with van der Waals surface area (Å²) in [5.74, 6) is 1.09. The first-order chi connectivity index (χ1) is 8.08. The molecule has 1 saturated carbocycles. The van der Waals surface area contributed by atoms with Gasteiger partial charge in [-0.15, -0.1) is 0 Å².